The summed E-state index contributed by atoms with van der Waals surface area (Å²) in [6.45, 7) is 1.22. The molecule has 0 aliphatic carbocycles. The average Bonchev–Trinajstić information content (AvgIpc) is 2.58. The third kappa shape index (κ3) is 2.41. The van der Waals surface area contributed by atoms with Crippen LogP contribution in [-0.2, 0) is 9.84 Å². The van der Waals surface area contributed by atoms with Gasteiger partial charge in [-0.25, -0.2) is 8.42 Å². The van der Waals surface area contributed by atoms with E-state index in [2.05, 4.69) is 5.10 Å². The van der Waals surface area contributed by atoms with Crippen molar-refractivity contribution in [3.8, 4) is 0 Å². The molecule has 0 aliphatic heterocycles. The van der Waals surface area contributed by atoms with Crippen LogP contribution in [-0.4, -0.2) is 35.3 Å². The zero-order valence-corrected chi connectivity index (χ0v) is 9.84. The zero-order chi connectivity index (χ0) is 13.4. The van der Waals surface area contributed by atoms with Crippen molar-refractivity contribution in [3.05, 3.63) is 21.9 Å². The highest BCUT2D eigenvalue weighted by molar-refractivity contribution is 7.90. The first-order valence-electron chi connectivity index (χ1n) is 4.36. The van der Waals surface area contributed by atoms with Crippen LogP contribution < -0.4 is 5.73 Å². The van der Waals surface area contributed by atoms with E-state index in [-0.39, 0.29) is 0 Å². The van der Waals surface area contributed by atoms with Gasteiger partial charge < -0.3 is 15.8 Å². The largest absolute Gasteiger partial charge is 0.365 e. The number of nitrogens with zero attached hydrogens (tertiary/aromatic N) is 3. The molecule has 0 spiro atoms. The third-order valence-electron chi connectivity index (χ3n) is 2.17. The molecule has 9 nitrogen and oxygen atoms in total. The third-order valence-corrected chi connectivity index (χ3v) is 3.61. The van der Waals surface area contributed by atoms with Gasteiger partial charge in [0, 0.05) is 6.26 Å². The number of primary amides is 1. The fourth-order valence-electron chi connectivity index (χ4n) is 1.16. The minimum atomic E-state index is -3.58. The second-order valence-electron chi connectivity index (χ2n) is 3.38. The Morgan fingerprint density at radius 2 is 2.18 bits per heavy atom. The Hall–Kier alpha value is -1.97. The lowest BCUT2D eigenvalue weighted by Crippen LogP contribution is -2.20. The highest BCUT2D eigenvalue weighted by Crippen LogP contribution is 2.24. The molecule has 17 heavy (non-hydrogen) atoms. The van der Waals surface area contributed by atoms with Gasteiger partial charge in [0.05, 0.1) is 6.20 Å². The number of carbonyl (C=O) groups excluding carboxylic acids is 1. The van der Waals surface area contributed by atoms with E-state index in [1.165, 1.54) is 6.92 Å². The molecule has 10 heteroatoms. The summed E-state index contributed by atoms with van der Waals surface area (Å²) in [4.78, 5) is 20.8. The first-order valence-corrected chi connectivity index (χ1v) is 6.32. The Morgan fingerprint density at radius 3 is 2.53 bits per heavy atom. The SMILES string of the molecule is CC(n1ncc(C(N)=O)c1[N+](=O)[O-])S(C)(=O)=O. The van der Waals surface area contributed by atoms with Crippen LogP contribution in [0, 0.1) is 10.1 Å². The summed E-state index contributed by atoms with van der Waals surface area (Å²) >= 11 is 0. The number of nitrogens with two attached hydrogens (primary N) is 1. The second kappa shape index (κ2) is 4.13. The minimum Gasteiger partial charge on any atom is -0.365 e. The summed E-state index contributed by atoms with van der Waals surface area (Å²) < 4.78 is 23.2. The van der Waals surface area contributed by atoms with E-state index in [1.807, 2.05) is 0 Å². The van der Waals surface area contributed by atoms with Crippen molar-refractivity contribution < 1.29 is 18.1 Å². The average molecular weight is 262 g/mol. The summed E-state index contributed by atoms with van der Waals surface area (Å²) in [5.41, 5.74) is 4.50. The molecule has 0 aliphatic rings. The van der Waals surface area contributed by atoms with Crippen LogP contribution in [0.3, 0.4) is 0 Å². The normalized spacial score (nSPS) is 13.3. The standard InChI is InChI=1S/C7H10N4O5S/c1-4(17(2,15)16)10-7(11(13)14)5(3-9-10)6(8)12/h3-4H,1-2H3,(H2,8,12). The molecule has 0 saturated carbocycles. The van der Waals surface area contributed by atoms with Gasteiger partial charge in [0.1, 0.15) is 0 Å². The van der Waals surface area contributed by atoms with E-state index >= 15 is 0 Å². The van der Waals surface area contributed by atoms with Gasteiger partial charge in [-0.3, -0.25) is 4.79 Å². The van der Waals surface area contributed by atoms with Crippen LogP contribution in [0.25, 0.3) is 0 Å². The van der Waals surface area contributed by atoms with Crippen molar-refractivity contribution in [2.24, 2.45) is 5.73 Å². The predicted octanol–water partition coefficient (Wildman–Crippen LogP) is -0.547. The first kappa shape index (κ1) is 13.1. The number of aromatic nitrogens is 2. The number of rotatable bonds is 4. The molecule has 1 unspecified atom stereocenters. The first-order chi connectivity index (χ1) is 7.66. The van der Waals surface area contributed by atoms with Crippen LogP contribution in [0.1, 0.15) is 22.7 Å². The molecular weight excluding hydrogens is 252 g/mol. The van der Waals surface area contributed by atoms with Crippen molar-refractivity contribution in [2.45, 2.75) is 12.3 Å². The van der Waals surface area contributed by atoms with Crippen molar-refractivity contribution >= 4 is 21.6 Å². The van der Waals surface area contributed by atoms with Gasteiger partial charge in [-0.2, -0.15) is 0 Å². The molecule has 0 saturated heterocycles. The summed E-state index contributed by atoms with van der Waals surface area (Å²) in [6, 6.07) is 0. The molecule has 1 heterocycles. The van der Waals surface area contributed by atoms with Gasteiger partial charge in [-0.05, 0) is 11.8 Å². The molecule has 1 rings (SSSR count). The predicted molar refractivity (Wildman–Crippen MR) is 57.0 cm³/mol. The monoisotopic (exact) mass is 262 g/mol. The van der Waals surface area contributed by atoms with Crippen molar-refractivity contribution in [1.29, 1.82) is 0 Å². The van der Waals surface area contributed by atoms with Crippen LogP contribution in [0.15, 0.2) is 6.20 Å². The number of amides is 1. The van der Waals surface area contributed by atoms with Crippen molar-refractivity contribution in [3.63, 3.8) is 0 Å². The number of carbonyl (C=O) groups is 1. The van der Waals surface area contributed by atoms with Gasteiger partial charge in [-0.15, -0.1) is 4.68 Å². The Kier molecular flexibility index (Phi) is 3.18. The fraction of sp³-hybridized carbons (Fsp3) is 0.429. The number of hydrogen-bond donors (Lipinski definition) is 1. The molecule has 1 aromatic rings. The lowest BCUT2D eigenvalue weighted by atomic mass is 10.3. The maximum atomic E-state index is 11.3. The lowest BCUT2D eigenvalue weighted by Gasteiger charge is -2.06. The fourth-order valence-corrected chi connectivity index (χ4v) is 1.68. The highest BCUT2D eigenvalue weighted by Gasteiger charge is 2.33. The molecular formula is C7H10N4O5S. The number of hydrogen-bond acceptors (Lipinski definition) is 6. The van der Waals surface area contributed by atoms with E-state index in [1.54, 1.807) is 0 Å². The lowest BCUT2D eigenvalue weighted by molar-refractivity contribution is -0.392. The van der Waals surface area contributed by atoms with Crippen LogP contribution >= 0.6 is 0 Å². The quantitative estimate of drug-likeness (QED) is 0.570. The van der Waals surface area contributed by atoms with Crippen LogP contribution in [0.4, 0.5) is 5.82 Å². The van der Waals surface area contributed by atoms with Gasteiger partial charge in [0.25, 0.3) is 5.91 Å². The van der Waals surface area contributed by atoms with E-state index in [9.17, 15) is 23.3 Å². The summed E-state index contributed by atoms with van der Waals surface area (Å²) in [5, 5.41) is 13.0. The summed E-state index contributed by atoms with van der Waals surface area (Å²) in [5.74, 6) is -1.76. The highest BCUT2D eigenvalue weighted by atomic mass is 32.2. The van der Waals surface area contributed by atoms with Gasteiger partial charge >= 0.3 is 5.82 Å². The van der Waals surface area contributed by atoms with Crippen molar-refractivity contribution in [2.75, 3.05) is 6.26 Å². The Morgan fingerprint density at radius 1 is 1.65 bits per heavy atom. The molecule has 0 bridgehead atoms. The van der Waals surface area contributed by atoms with Crippen LogP contribution in [0.2, 0.25) is 0 Å². The summed E-state index contributed by atoms with van der Waals surface area (Å²) in [7, 11) is -3.58. The van der Waals surface area contributed by atoms with E-state index in [0.717, 1.165) is 12.5 Å². The smallest absolute Gasteiger partial charge is 0.359 e. The molecule has 0 radical (unpaired) electrons. The maximum Gasteiger partial charge on any atom is 0.359 e. The van der Waals surface area contributed by atoms with Gasteiger partial charge in [-0.1, -0.05) is 5.10 Å². The number of nitro groups is 1. The number of sulfone groups is 1. The van der Waals surface area contributed by atoms with E-state index < -0.39 is 37.4 Å². The Balaban J connectivity index is 3.47. The summed E-state index contributed by atoms with van der Waals surface area (Å²) in [6.07, 6.45) is 1.79. The second-order valence-corrected chi connectivity index (χ2v) is 5.72. The molecule has 1 aromatic heterocycles. The molecule has 2 N–H and O–H groups in total. The molecule has 94 valence electrons. The Bertz CT molecular complexity index is 575. The minimum absolute atomic E-state index is 0.425. The van der Waals surface area contributed by atoms with Crippen molar-refractivity contribution in [1.82, 2.24) is 9.78 Å². The van der Waals surface area contributed by atoms with Gasteiger partial charge in [0.15, 0.2) is 15.4 Å². The molecule has 0 fully saturated rings. The van der Waals surface area contributed by atoms with Gasteiger partial charge in [0.2, 0.25) is 5.37 Å². The molecule has 0 aromatic carbocycles. The zero-order valence-electron chi connectivity index (χ0n) is 9.02. The van der Waals surface area contributed by atoms with Crippen LogP contribution in [0.5, 0.6) is 0 Å². The Labute approximate surface area is 96.3 Å². The molecule has 1 atom stereocenters. The topological polar surface area (TPSA) is 138 Å². The van der Waals surface area contributed by atoms with E-state index in [0.29, 0.717) is 4.68 Å². The van der Waals surface area contributed by atoms with E-state index in [4.69, 9.17) is 5.73 Å². The maximum absolute atomic E-state index is 11.3. The molecule has 1 amide bonds.